The summed E-state index contributed by atoms with van der Waals surface area (Å²) in [5, 5.41) is 3.24. The van der Waals surface area contributed by atoms with Gasteiger partial charge in [0.2, 0.25) is 5.91 Å². The van der Waals surface area contributed by atoms with Crippen molar-refractivity contribution in [1.29, 1.82) is 0 Å². The van der Waals surface area contributed by atoms with E-state index in [1.165, 1.54) is 6.07 Å². The van der Waals surface area contributed by atoms with Crippen LogP contribution in [0.4, 0.5) is 14.5 Å². The Bertz CT molecular complexity index is 662. The maximum atomic E-state index is 13.0. The maximum absolute atomic E-state index is 13.0. The summed E-state index contributed by atoms with van der Waals surface area (Å²) in [6.07, 6.45) is 0. The summed E-state index contributed by atoms with van der Waals surface area (Å²) < 4.78 is 25.8. The van der Waals surface area contributed by atoms with Crippen LogP contribution in [0.5, 0.6) is 0 Å². The first-order chi connectivity index (χ1) is 9.97. The molecule has 0 atom stereocenters. The molecule has 0 heterocycles. The molecule has 0 radical (unpaired) electrons. The zero-order valence-corrected chi connectivity index (χ0v) is 12.8. The predicted octanol–water partition coefficient (Wildman–Crippen LogP) is 5.00. The lowest BCUT2D eigenvalue weighted by Crippen LogP contribution is -2.14. The van der Waals surface area contributed by atoms with Gasteiger partial charge in [-0.2, -0.15) is 0 Å². The summed E-state index contributed by atoms with van der Waals surface area (Å²) >= 11 is 12.9. The van der Waals surface area contributed by atoms with Gasteiger partial charge in [0.05, 0.1) is 21.5 Å². The highest BCUT2D eigenvalue weighted by Gasteiger charge is 2.10. The molecule has 110 valence electrons. The fourth-order valence-electron chi connectivity index (χ4n) is 1.51. The van der Waals surface area contributed by atoms with Gasteiger partial charge in [-0.25, -0.2) is 8.78 Å². The number of carbonyl (C=O) groups excluding carboxylic acids is 1. The summed E-state index contributed by atoms with van der Waals surface area (Å²) in [7, 11) is 0. The Hall–Kier alpha value is -1.30. The Morgan fingerprint density at radius 3 is 2.38 bits per heavy atom. The first-order valence-corrected chi connectivity index (χ1v) is 7.53. The lowest BCUT2D eigenvalue weighted by Gasteiger charge is -2.09. The van der Waals surface area contributed by atoms with Crippen molar-refractivity contribution >= 4 is 46.6 Å². The molecule has 0 aliphatic carbocycles. The highest BCUT2D eigenvalue weighted by molar-refractivity contribution is 8.00. The Labute approximate surface area is 134 Å². The van der Waals surface area contributed by atoms with Crippen LogP contribution in [0.25, 0.3) is 0 Å². The van der Waals surface area contributed by atoms with Gasteiger partial charge in [0.25, 0.3) is 0 Å². The van der Waals surface area contributed by atoms with E-state index in [1.54, 1.807) is 18.2 Å². The molecular weight excluding hydrogens is 339 g/mol. The van der Waals surface area contributed by atoms with Crippen molar-refractivity contribution in [3.63, 3.8) is 0 Å². The average Bonchev–Trinajstić information content (AvgIpc) is 2.44. The minimum Gasteiger partial charge on any atom is -0.323 e. The molecule has 1 amide bonds. The number of nitrogens with one attached hydrogen (secondary N) is 1. The molecule has 7 heteroatoms. The van der Waals surface area contributed by atoms with E-state index in [1.807, 2.05) is 0 Å². The molecule has 0 bridgehead atoms. The number of thioether (sulfide) groups is 1. The third kappa shape index (κ3) is 4.33. The summed E-state index contributed by atoms with van der Waals surface area (Å²) in [4.78, 5) is 12.3. The van der Waals surface area contributed by atoms with E-state index in [-0.39, 0.29) is 11.7 Å². The zero-order chi connectivity index (χ0) is 15.4. The van der Waals surface area contributed by atoms with Crippen molar-refractivity contribution in [2.45, 2.75) is 4.90 Å². The van der Waals surface area contributed by atoms with Gasteiger partial charge < -0.3 is 5.32 Å². The molecule has 0 saturated heterocycles. The van der Waals surface area contributed by atoms with Crippen LogP contribution in [-0.2, 0) is 4.79 Å². The van der Waals surface area contributed by atoms with Crippen LogP contribution in [0.1, 0.15) is 0 Å². The van der Waals surface area contributed by atoms with Gasteiger partial charge in [0.15, 0.2) is 11.6 Å². The normalized spacial score (nSPS) is 10.5. The minimum absolute atomic E-state index is 0.0205. The molecule has 0 spiro atoms. The van der Waals surface area contributed by atoms with Crippen LogP contribution in [0, 0.1) is 11.6 Å². The summed E-state index contributed by atoms with van der Waals surface area (Å²) in [6, 6.07) is 8.32. The molecule has 2 nitrogen and oxygen atoms in total. The second-order valence-electron chi connectivity index (χ2n) is 4.01. The molecule has 21 heavy (non-hydrogen) atoms. The fraction of sp³-hybridized carbons (Fsp3) is 0.0714. The minimum atomic E-state index is -0.949. The van der Waals surface area contributed by atoms with Crippen LogP contribution < -0.4 is 5.32 Å². The molecule has 0 fully saturated rings. The Morgan fingerprint density at radius 2 is 1.76 bits per heavy atom. The van der Waals surface area contributed by atoms with Gasteiger partial charge in [-0.05, 0) is 30.3 Å². The van der Waals surface area contributed by atoms with E-state index >= 15 is 0 Å². The first-order valence-electron chi connectivity index (χ1n) is 5.79. The number of anilines is 1. The van der Waals surface area contributed by atoms with Crippen LogP contribution in [0.2, 0.25) is 10.0 Å². The van der Waals surface area contributed by atoms with E-state index in [0.29, 0.717) is 20.6 Å². The van der Waals surface area contributed by atoms with Crippen LogP contribution in [0.15, 0.2) is 41.3 Å². The lowest BCUT2D eigenvalue weighted by molar-refractivity contribution is -0.113. The maximum Gasteiger partial charge on any atom is 0.234 e. The van der Waals surface area contributed by atoms with Crippen molar-refractivity contribution < 1.29 is 13.6 Å². The van der Waals surface area contributed by atoms with Crippen molar-refractivity contribution in [1.82, 2.24) is 0 Å². The van der Waals surface area contributed by atoms with Crippen LogP contribution in [-0.4, -0.2) is 11.7 Å². The third-order valence-corrected chi connectivity index (χ3v) is 4.11. The predicted molar refractivity (Wildman–Crippen MR) is 82.2 cm³/mol. The molecule has 2 rings (SSSR count). The molecule has 0 aromatic heterocycles. The van der Waals surface area contributed by atoms with E-state index in [0.717, 1.165) is 23.9 Å². The molecule has 1 N–H and O–H groups in total. The van der Waals surface area contributed by atoms with Crippen LogP contribution in [0.3, 0.4) is 0 Å². The third-order valence-electron chi connectivity index (χ3n) is 2.49. The van der Waals surface area contributed by atoms with Crippen molar-refractivity contribution in [3.05, 3.63) is 58.1 Å². The van der Waals surface area contributed by atoms with Crippen molar-refractivity contribution in [2.75, 3.05) is 11.1 Å². The highest BCUT2D eigenvalue weighted by Crippen LogP contribution is 2.30. The Balaban J connectivity index is 1.97. The number of benzene rings is 2. The van der Waals surface area contributed by atoms with E-state index in [2.05, 4.69) is 5.32 Å². The van der Waals surface area contributed by atoms with Gasteiger partial charge in [0, 0.05) is 4.90 Å². The summed E-state index contributed by atoms with van der Waals surface area (Å²) in [6.45, 7) is 0. The SMILES string of the molecule is O=C(CSc1ccc(F)c(F)c1)Nc1c(Cl)cccc1Cl. The van der Waals surface area contributed by atoms with Crippen LogP contribution >= 0.6 is 35.0 Å². The topological polar surface area (TPSA) is 29.1 Å². The Morgan fingerprint density at radius 1 is 1.10 bits per heavy atom. The zero-order valence-electron chi connectivity index (χ0n) is 10.5. The van der Waals surface area contributed by atoms with Gasteiger partial charge in [0.1, 0.15) is 0 Å². The number of halogens is 4. The monoisotopic (exact) mass is 347 g/mol. The van der Waals surface area contributed by atoms with Gasteiger partial charge in [-0.15, -0.1) is 11.8 Å². The highest BCUT2D eigenvalue weighted by atomic mass is 35.5. The number of hydrogen-bond acceptors (Lipinski definition) is 2. The molecule has 2 aromatic rings. The smallest absolute Gasteiger partial charge is 0.234 e. The number of amides is 1. The Kier molecular flexibility index (Phi) is 5.45. The standard InChI is InChI=1S/C14H9Cl2F2NOS/c15-9-2-1-3-10(16)14(9)19-13(20)7-21-8-4-5-11(17)12(18)6-8/h1-6H,7H2,(H,19,20). The van der Waals surface area contributed by atoms with Gasteiger partial charge in [-0.1, -0.05) is 29.3 Å². The summed E-state index contributed by atoms with van der Waals surface area (Å²) in [5.41, 5.74) is 0.330. The van der Waals surface area contributed by atoms with E-state index < -0.39 is 11.6 Å². The number of hydrogen-bond donors (Lipinski definition) is 1. The molecule has 0 saturated carbocycles. The molecule has 0 unspecified atom stereocenters. The molecule has 0 aliphatic heterocycles. The van der Waals surface area contributed by atoms with Gasteiger partial charge >= 0.3 is 0 Å². The lowest BCUT2D eigenvalue weighted by atomic mass is 10.3. The molecule has 2 aromatic carbocycles. The van der Waals surface area contributed by atoms with E-state index in [9.17, 15) is 13.6 Å². The van der Waals surface area contributed by atoms with Gasteiger partial charge in [-0.3, -0.25) is 4.79 Å². The fourth-order valence-corrected chi connectivity index (χ4v) is 2.72. The second kappa shape index (κ2) is 7.11. The largest absolute Gasteiger partial charge is 0.323 e. The second-order valence-corrected chi connectivity index (χ2v) is 5.87. The first kappa shape index (κ1) is 16.1. The molecular formula is C14H9Cl2F2NOS. The quantitative estimate of drug-likeness (QED) is 0.788. The average molecular weight is 348 g/mol. The van der Waals surface area contributed by atoms with Crippen molar-refractivity contribution in [2.24, 2.45) is 0 Å². The number of carbonyl (C=O) groups is 1. The number of rotatable bonds is 4. The molecule has 0 aliphatic rings. The van der Waals surface area contributed by atoms with E-state index in [4.69, 9.17) is 23.2 Å². The number of para-hydroxylation sites is 1. The van der Waals surface area contributed by atoms with Crippen molar-refractivity contribution in [3.8, 4) is 0 Å². The summed E-state index contributed by atoms with van der Waals surface area (Å²) in [5.74, 6) is -2.20.